The highest BCUT2D eigenvalue weighted by molar-refractivity contribution is 9.10. The second-order valence-corrected chi connectivity index (χ2v) is 6.15. The Balaban J connectivity index is 1.87. The van der Waals surface area contributed by atoms with E-state index in [9.17, 15) is 9.59 Å². The molecule has 2 rings (SSSR count). The van der Waals surface area contributed by atoms with Gasteiger partial charge in [0.1, 0.15) is 6.04 Å². The van der Waals surface area contributed by atoms with Crippen LogP contribution < -0.4 is 16.0 Å². The highest BCUT2D eigenvalue weighted by Crippen LogP contribution is 2.32. The van der Waals surface area contributed by atoms with Crippen LogP contribution in [-0.4, -0.2) is 24.4 Å². The smallest absolute Gasteiger partial charge is 0.246 e. The van der Waals surface area contributed by atoms with Crippen molar-refractivity contribution in [1.82, 2.24) is 10.6 Å². The predicted octanol–water partition coefficient (Wildman–Crippen LogP) is 2.34. The fourth-order valence-electron chi connectivity index (χ4n) is 2.22. The molecule has 2 amide bonds. The maximum Gasteiger partial charge on any atom is 0.246 e. The number of carbonyl (C=O) groups is 2. The van der Waals surface area contributed by atoms with E-state index in [0.29, 0.717) is 13.0 Å². The van der Waals surface area contributed by atoms with Gasteiger partial charge in [-0.15, -0.1) is 0 Å². The van der Waals surface area contributed by atoms with Crippen LogP contribution in [0.25, 0.3) is 0 Å². The summed E-state index contributed by atoms with van der Waals surface area (Å²) in [6.45, 7) is 4.47. The van der Waals surface area contributed by atoms with Gasteiger partial charge in [-0.3, -0.25) is 9.59 Å². The molecule has 1 aliphatic rings. The first-order valence-electron chi connectivity index (χ1n) is 7.14. The van der Waals surface area contributed by atoms with Crippen molar-refractivity contribution in [3.05, 3.63) is 28.2 Å². The third-order valence-corrected chi connectivity index (χ3v) is 4.06. The lowest BCUT2D eigenvalue weighted by Crippen LogP contribution is -2.35. The van der Waals surface area contributed by atoms with Crippen molar-refractivity contribution >= 4 is 33.4 Å². The summed E-state index contributed by atoms with van der Waals surface area (Å²) in [5, 5.41) is 8.88. The third kappa shape index (κ3) is 4.04. The molecular formula is C15H20BrN3O2. The standard InChI is InChI=1S/C15H20BrN3O2/c1-3-9(2)18-13(20)6-7-17-14-11-5-4-10(16)8-12(11)19-15(14)21/h4-5,8-9,14,17H,3,6-7H2,1-2H3,(H,18,20)(H,19,21). The number of fused-ring (bicyclic) bond motifs is 1. The molecule has 0 bridgehead atoms. The molecule has 2 unspecified atom stereocenters. The van der Waals surface area contributed by atoms with Gasteiger partial charge in [0.25, 0.3) is 0 Å². The fourth-order valence-corrected chi connectivity index (χ4v) is 2.58. The van der Waals surface area contributed by atoms with E-state index in [-0.39, 0.29) is 23.9 Å². The first-order chi connectivity index (χ1) is 10.0. The van der Waals surface area contributed by atoms with Crippen LogP contribution in [0.5, 0.6) is 0 Å². The maximum absolute atomic E-state index is 12.0. The van der Waals surface area contributed by atoms with Crippen LogP contribution in [0.2, 0.25) is 0 Å². The van der Waals surface area contributed by atoms with Gasteiger partial charge in [-0.25, -0.2) is 0 Å². The zero-order valence-corrected chi connectivity index (χ0v) is 13.8. The van der Waals surface area contributed by atoms with Crippen LogP contribution in [0, 0.1) is 0 Å². The lowest BCUT2D eigenvalue weighted by molar-refractivity contribution is -0.122. The van der Waals surface area contributed by atoms with Crippen LogP contribution in [-0.2, 0) is 9.59 Å². The van der Waals surface area contributed by atoms with Crippen LogP contribution in [0.4, 0.5) is 5.69 Å². The van der Waals surface area contributed by atoms with Gasteiger partial charge in [0.15, 0.2) is 0 Å². The molecule has 1 aromatic carbocycles. The number of halogens is 1. The zero-order chi connectivity index (χ0) is 15.4. The lowest BCUT2D eigenvalue weighted by atomic mass is 10.1. The molecule has 0 saturated carbocycles. The minimum absolute atomic E-state index is 0.00582. The molecule has 114 valence electrons. The average Bonchev–Trinajstić information content (AvgIpc) is 2.74. The second-order valence-electron chi connectivity index (χ2n) is 5.23. The number of hydrogen-bond donors (Lipinski definition) is 3. The summed E-state index contributed by atoms with van der Waals surface area (Å²) in [5.41, 5.74) is 1.74. The molecule has 5 nitrogen and oxygen atoms in total. The summed E-state index contributed by atoms with van der Waals surface area (Å²) in [4.78, 5) is 23.7. The van der Waals surface area contributed by atoms with Crippen LogP contribution in [0.1, 0.15) is 38.3 Å². The number of anilines is 1. The topological polar surface area (TPSA) is 70.2 Å². The molecular weight excluding hydrogens is 334 g/mol. The van der Waals surface area contributed by atoms with Gasteiger partial charge in [0.05, 0.1) is 0 Å². The molecule has 0 fully saturated rings. The SMILES string of the molecule is CCC(C)NC(=O)CCNC1C(=O)Nc2cc(Br)ccc21. The number of hydrogen-bond acceptors (Lipinski definition) is 3. The summed E-state index contributed by atoms with van der Waals surface area (Å²) >= 11 is 3.38. The highest BCUT2D eigenvalue weighted by Gasteiger charge is 2.29. The van der Waals surface area contributed by atoms with Gasteiger partial charge in [0, 0.05) is 34.7 Å². The molecule has 2 atom stereocenters. The summed E-state index contributed by atoms with van der Waals surface area (Å²) in [6.07, 6.45) is 1.27. The van der Waals surface area contributed by atoms with Crippen LogP contribution >= 0.6 is 15.9 Å². The third-order valence-electron chi connectivity index (χ3n) is 3.57. The Morgan fingerprint density at radius 1 is 1.48 bits per heavy atom. The first-order valence-corrected chi connectivity index (χ1v) is 7.93. The van der Waals surface area contributed by atoms with Crippen LogP contribution in [0.3, 0.4) is 0 Å². The van der Waals surface area contributed by atoms with Crippen molar-refractivity contribution in [2.24, 2.45) is 0 Å². The Labute approximate surface area is 133 Å². The molecule has 0 aromatic heterocycles. The van der Waals surface area contributed by atoms with Gasteiger partial charge in [-0.2, -0.15) is 0 Å². The van der Waals surface area contributed by atoms with Crippen molar-refractivity contribution in [1.29, 1.82) is 0 Å². The van der Waals surface area contributed by atoms with E-state index >= 15 is 0 Å². The monoisotopic (exact) mass is 353 g/mol. The van der Waals surface area contributed by atoms with E-state index in [4.69, 9.17) is 0 Å². The molecule has 21 heavy (non-hydrogen) atoms. The van der Waals surface area contributed by atoms with Crippen molar-refractivity contribution in [2.45, 2.75) is 38.8 Å². The number of nitrogens with one attached hydrogen (secondary N) is 3. The maximum atomic E-state index is 12.0. The van der Waals surface area contributed by atoms with Gasteiger partial charge >= 0.3 is 0 Å². The van der Waals surface area contributed by atoms with Crippen molar-refractivity contribution in [3.8, 4) is 0 Å². The quantitative estimate of drug-likeness (QED) is 0.734. The van der Waals surface area contributed by atoms with Gasteiger partial charge < -0.3 is 16.0 Å². The Bertz CT molecular complexity index is 548. The molecule has 1 heterocycles. The minimum Gasteiger partial charge on any atom is -0.354 e. The summed E-state index contributed by atoms with van der Waals surface area (Å²) in [5.74, 6) is -0.0725. The molecule has 0 saturated heterocycles. The first kappa shape index (κ1) is 16.0. The number of benzene rings is 1. The Hall–Kier alpha value is -1.40. The van der Waals surface area contributed by atoms with Gasteiger partial charge in [0.2, 0.25) is 11.8 Å². The predicted molar refractivity (Wildman–Crippen MR) is 86.0 cm³/mol. The summed E-state index contributed by atoms with van der Waals surface area (Å²) < 4.78 is 0.926. The molecule has 0 aliphatic carbocycles. The van der Waals surface area contributed by atoms with Crippen LogP contribution in [0.15, 0.2) is 22.7 Å². The minimum atomic E-state index is -0.385. The molecule has 1 aliphatic heterocycles. The lowest BCUT2D eigenvalue weighted by Gasteiger charge is -2.13. The summed E-state index contributed by atoms with van der Waals surface area (Å²) in [6, 6.07) is 5.50. The number of carbonyl (C=O) groups excluding carboxylic acids is 2. The second kappa shape index (κ2) is 7.04. The zero-order valence-electron chi connectivity index (χ0n) is 12.2. The average molecular weight is 354 g/mol. The van der Waals surface area contributed by atoms with E-state index in [1.165, 1.54) is 0 Å². The van der Waals surface area contributed by atoms with Gasteiger partial charge in [-0.05, 0) is 25.5 Å². The Morgan fingerprint density at radius 3 is 2.95 bits per heavy atom. The molecule has 0 radical (unpaired) electrons. The molecule has 0 spiro atoms. The van der Waals surface area contributed by atoms with Gasteiger partial charge in [-0.1, -0.05) is 28.9 Å². The van der Waals surface area contributed by atoms with E-state index in [1.807, 2.05) is 32.0 Å². The molecule has 6 heteroatoms. The van der Waals surface area contributed by atoms with Crippen molar-refractivity contribution in [3.63, 3.8) is 0 Å². The number of rotatable bonds is 6. The van der Waals surface area contributed by atoms with E-state index in [1.54, 1.807) is 0 Å². The fraction of sp³-hybridized carbons (Fsp3) is 0.467. The molecule has 1 aromatic rings. The largest absolute Gasteiger partial charge is 0.354 e. The van der Waals surface area contributed by atoms with E-state index < -0.39 is 0 Å². The Kier molecular flexibility index (Phi) is 5.36. The van der Waals surface area contributed by atoms with E-state index in [0.717, 1.165) is 22.1 Å². The van der Waals surface area contributed by atoms with Crippen molar-refractivity contribution in [2.75, 3.05) is 11.9 Å². The number of amides is 2. The summed E-state index contributed by atoms with van der Waals surface area (Å²) in [7, 11) is 0. The highest BCUT2D eigenvalue weighted by atomic mass is 79.9. The normalized spacial score (nSPS) is 18.0. The van der Waals surface area contributed by atoms with Crippen molar-refractivity contribution < 1.29 is 9.59 Å². The Morgan fingerprint density at radius 2 is 2.24 bits per heavy atom. The molecule has 3 N–H and O–H groups in total. The van der Waals surface area contributed by atoms with E-state index in [2.05, 4.69) is 31.9 Å².